The predicted octanol–water partition coefficient (Wildman–Crippen LogP) is 4.08. The molecular formula is C17H22ClN3. The van der Waals surface area contributed by atoms with E-state index in [0.717, 1.165) is 22.9 Å². The first-order valence-electron chi connectivity index (χ1n) is 6.95. The van der Waals surface area contributed by atoms with Crippen LogP contribution in [0.2, 0.25) is 5.02 Å². The molecule has 0 saturated carbocycles. The van der Waals surface area contributed by atoms with Gasteiger partial charge in [0, 0.05) is 40.4 Å². The molecule has 0 atom stereocenters. The molecule has 0 aliphatic carbocycles. The molecule has 1 N–H and O–H groups in total. The van der Waals surface area contributed by atoms with Gasteiger partial charge in [0.1, 0.15) is 0 Å². The van der Waals surface area contributed by atoms with Gasteiger partial charge < -0.3 is 15.1 Å². The molecule has 4 heteroatoms. The maximum Gasteiger partial charge on any atom is 0.0786 e. The fraction of sp³-hybridized carbons (Fsp3) is 0.294. The summed E-state index contributed by atoms with van der Waals surface area (Å²) in [5.41, 5.74) is 4.51. The van der Waals surface area contributed by atoms with Crippen LogP contribution in [0.4, 0.5) is 17.1 Å². The Morgan fingerprint density at radius 1 is 0.905 bits per heavy atom. The van der Waals surface area contributed by atoms with E-state index in [1.807, 2.05) is 45.2 Å². The van der Waals surface area contributed by atoms with Gasteiger partial charge in [-0.2, -0.15) is 0 Å². The molecule has 0 aliphatic heterocycles. The van der Waals surface area contributed by atoms with Gasteiger partial charge in [0.2, 0.25) is 0 Å². The summed E-state index contributed by atoms with van der Waals surface area (Å²) in [6.45, 7) is 0.773. The molecule has 0 heterocycles. The molecule has 2 aromatic rings. The van der Waals surface area contributed by atoms with Crippen LogP contribution in [-0.4, -0.2) is 28.2 Å². The summed E-state index contributed by atoms with van der Waals surface area (Å²) in [6, 6.07) is 14.5. The average Bonchev–Trinajstić information content (AvgIpc) is 2.45. The van der Waals surface area contributed by atoms with Gasteiger partial charge in [0.05, 0.1) is 16.4 Å². The summed E-state index contributed by atoms with van der Waals surface area (Å²) in [6.07, 6.45) is 0. The lowest BCUT2D eigenvalue weighted by atomic mass is 10.2. The molecule has 0 bridgehead atoms. The van der Waals surface area contributed by atoms with Crippen molar-refractivity contribution in [2.24, 2.45) is 0 Å². The second-order valence-corrected chi connectivity index (χ2v) is 5.85. The monoisotopic (exact) mass is 303 g/mol. The van der Waals surface area contributed by atoms with Crippen molar-refractivity contribution in [3.05, 3.63) is 53.1 Å². The number of nitrogens with one attached hydrogen (secondary N) is 1. The molecule has 0 amide bonds. The Labute approximate surface area is 132 Å². The largest absolute Gasteiger partial charge is 0.379 e. The highest BCUT2D eigenvalue weighted by Crippen LogP contribution is 2.32. The van der Waals surface area contributed by atoms with E-state index in [2.05, 4.69) is 40.5 Å². The number of hydrogen-bond donors (Lipinski definition) is 1. The SMILES string of the molecule is CN(C)c1ccc(CNc2cccc(Cl)c2N(C)C)cc1. The predicted molar refractivity (Wildman–Crippen MR) is 93.9 cm³/mol. The van der Waals surface area contributed by atoms with Crippen molar-refractivity contribution in [1.29, 1.82) is 0 Å². The summed E-state index contributed by atoms with van der Waals surface area (Å²) in [7, 11) is 8.09. The molecule has 0 radical (unpaired) electrons. The number of benzene rings is 2. The van der Waals surface area contributed by atoms with E-state index in [1.165, 1.54) is 11.3 Å². The third-order valence-corrected chi connectivity index (χ3v) is 3.67. The van der Waals surface area contributed by atoms with Crippen LogP contribution in [0.25, 0.3) is 0 Å². The zero-order valence-electron chi connectivity index (χ0n) is 13.0. The topological polar surface area (TPSA) is 18.5 Å². The second kappa shape index (κ2) is 6.72. The standard InChI is InChI=1S/C17H22ClN3/c1-20(2)14-10-8-13(9-11-14)12-19-16-7-5-6-15(18)17(16)21(3)4/h5-11,19H,12H2,1-4H3. The third kappa shape index (κ3) is 3.82. The Kier molecular flexibility index (Phi) is 4.97. The van der Waals surface area contributed by atoms with Crippen molar-refractivity contribution in [2.45, 2.75) is 6.54 Å². The normalized spacial score (nSPS) is 10.3. The highest BCUT2D eigenvalue weighted by atomic mass is 35.5. The fourth-order valence-corrected chi connectivity index (χ4v) is 2.57. The molecule has 0 aromatic heterocycles. The lowest BCUT2D eigenvalue weighted by Crippen LogP contribution is -2.13. The summed E-state index contributed by atoms with van der Waals surface area (Å²) in [4.78, 5) is 4.12. The molecule has 3 nitrogen and oxygen atoms in total. The number of halogens is 1. The van der Waals surface area contributed by atoms with E-state index < -0.39 is 0 Å². The van der Waals surface area contributed by atoms with Gasteiger partial charge in [-0.25, -0.2) is 0 Å². The zero-order valence-corrected chi connectivity index (χ0v) is 13.8. The van der Waals surface area contributed by atoms with Gasteiger partial charge in [0.25, 0.3) is 0 Å². The van der Waals surface area contributed by atoms with Gasteiger partial charge in [0.15, 0.2) is 0 Å². The molecular weight excluding hydrogens is 282 g/mol. The van der Waals surface area contributed by atoms with Crippen LogP contribution in [0.3, 0.4) is 0 Å². The number of nitrogens with zero attached hydrogens (tertiary/aromatic N) is 2. The number of anilines is 3. The van der Waals surface area contributed by atoms with Crippen molar-refractivity contribution >= 4 is 28.7 Å². The quantitative estimate of drug-likeness (QED) is 0.898. The summed E-state index contributed by atoms with van der Waals surface area (Å²) < 4.78 is 0. The Hall–Kier alpha value is -1.87. The maximum atomic E-state index is 6.27. The van der Waals surface area contributed by atoms with Crippen LogP contribution in [-0.2, 0) is 6.54 Å². The molecule has 2 rings (SSSR count). The van der Waals surface area contributed by atoms with E-state index in [0.29, 0.717) is 0 Å². The van der Waals surface area contributed by atoms with Crippen LogP contribution in [0.15, 0.2) is 42.5 Å². The van der Waals surface area contributed by atoms with Crippen LogP contribution in [0.5, 0.6) is 0 Å². The lowest BCUT2D eigenvalue weighted by Gasteiger charge is -2.20. The Morgan fingerprint density at radius 3 is 2.14 bits per heavy atom. The Balaban J connectivity index is 2.11. The fourth-order valence-electron chi connectivity index (χ4n) is 2.22. The van der Waals surface area contributed by atoms with Crippen molar-refractivity contribution in [2.75, 3.05) is 43.3 Å². The number of para-hydroxylation sites is 1. The first-order valence-corrected chi connectivity index (χ1v) is 7.33. The minimum Gasteiger partial charge on any atom is -0.379 e. The molecule has 0 saturated heterocycles. The van der Waals surface area contributed by atoms with Crippen molar-refractivity contribution in [3.63, 3.8) is 0 Å². The van der Waals surface area contributed by atoms with Crippen molar-refractivity contribution in [3.8, 4) is 0 Å². The van der Waals surface area contributed by atoms with Gasteiger partial charge in [-0.1, -0.05) is 29.8 Å². The maximum absolute atomic E-state index is 6.27. The highest BCUT2D eigenvalue weighted by molar-refractivity contribution is 6.34. The van der Waals surface area contributed by atoms with Crippen LogP contribution in [0.1, 0.15) is 5.56 Å². The van der Waals surface area contributed by atoms with E-state index in [4.69, 9.17) is 11.6 Å². The molecule has 112 valence electrons. The zero-order chi connectivity index (χ0) is 15.4. The van der Waals surface area contributed by atoms with Crippen molar-refractivity contribution in [1.82, 2.24) is 0 Å². The molecule has 0 unspecified atom stereocenters. The minimum absolute atomic E-state index is 0.757. The van der Waals surface area contributed by atoms with E-state index in [-0.39, 0.29) is 0 Å². The minimum atomic E-state index is 0.757. The van der Waals surface area contributed by atoms with Gasteiger partial charge in [-0.15, -0.1) is 0 Å². The average molecular weight is 304 g/mol. The van der Waals surface area contributed by atoms with Crippen LogP contribution in [0, 0.1) is 0 Å². The number of hydrogen-bond acceptors (Lipinski definition) is 3. The smallest absolute Gasteiger partial charge is 0.0786 e. The third-order valence-electron chi connectivity index (χ3n) is 3.37. The second-order valence-electron chi connectivity index (χ2n) is 5.44. The Bertz CT molecular complexity index is 591. The van der Waals surface area contributed by atoms with Gasteiger partial charge in [-0.3, -0.25) is 0 Å². The van der Waals surface area contributed by atoms with Crippen LogP contribution < -0.4 is 15.1 Å². The molecule has 21 heavy (non-hydrogen) atoms. The summed E-state index contributed by atoms with van der Waals surface area (Å²) >= 11 is 6.27. The van der Waals surface area contributed by atoms with E-state index in [1.54, 1.807) is 0 Å². The molecule has 0 aliphatic rings. The first kappa shape index (κ1) is 15.5. The molecule has 2 aromatic carbocycles. The van der Waals surface area contributed by atoms with Crippen molar-refractivity contribution < 1.29 is 0 Å². The van der Waals surface area contributed by atoms with Crippen LogP contribution >= 0.6 is 11.6 Å². The Morgan fingerprint density at radius 2 is 1.57 bits per heavy atom. The first-order chi connectivity index (χ1) is 9.99. The molecule has 0 spiro atoms. The summed E-state index contributed by atoms with van der Waals surface area (Å²) in [5.74, 6) is 0. The summed E-state index contributed by atoms with van der Waals surface area (Å²) in [5, 5.41) is 4.22. The molecule has 0 fully saturated rings. The lowest BCUT2D eigenvalue weighted by molar-refractivity contribution is 1.09. The van der Waals surface area contributed by atoms with Gasteiger partial charge >= 0.3 is 0 Å². The number of rotatable bonds is 5. The van der Waals surface area contributed by atoms with Gasteiger partial charge in [-0.05, 0) is 29.8 Å². The van der Waals surface area contributed by atoms with E-state index in [9.17, 15) is 0 Å². The van der Waals surface area contributed by atoms with E-state index >= 15 is 0 Å². The highest BCUT2D eigenvalue weighted by Gasteiger charge is 2.08.